The van der Waals surface area contributed by atoms with Crippen LogP contribution in [0.25, 0.3) is 21.9 Å². The highest BCUT2D eigenvalue weighted by atomic mass is 16.7. The zero-order valence-corrected chi connectivity index (χ0v) is 15.8. The summed E-state index contributed by atoms with van der Waals surface area (Å²) in [5.74, 6) is 0.767. The molecule has 7 heteroatoms. The molecule has 2 heterocycles. The minimum atomic E-state index is -0.448. The van der Waals surface area contributed by atoms with E-state index < -0.39 is 5.97 Å². The number of fused-ring (bicyclic) bond motifs is 3. The van der Waals surface area contributed by atoms with Gasteiger partial charge in [0.25, 0.3) is 0 Å². The van der Waals surface area contributed by atoms with Crippen molar-refractivity contribution < 1.29 is 29.2 Å². The van der Waals surface area contributed by atoms with Crippen LogP contribution >= 0.6 is 0 Å². The molecule has 0 atom stereocenters. The summed E-state index contributed by atoms with van der Waals surface area (Å²) in [5.41, 5.74) is 4.18. The quantitative estimate of drug-likeness (QED) is 0.350. The summed E-state index contributed by atoms with van der Waals surface area (Å²) in [5, 5.41) is 23.9. The van der Waals surface area contributed by atoms with Crippen LogP contribution in [-0.4, -0.2) is 23.0 Å². The van der Waals surface area contributed by atoms with Crippen LogP contribution in [0.1, 0.15) is 27.0 Å². The summed E-state index contributed by atoms with van der Waals surface area (Å²) in [6.07, 6.45) is 5.51. The van der Waals surface area contributed by atoms with Gasteiger partial charge in [0.2, 0.25) is 6.79 Å². The number of anilines is 1. The molecular weight excluding hydrogens is 386 g/mol. The van der Waals surface area contributed by atoms with Crippen molar-refractivity contribution in [2.45, 2.75) is 19.8 Å². The van der Waals surface area contributed by atoms with Crippen LogP contribution in [0.3, 0.4) is 0 Å². The van der Waals surface area contributed by atoms with Gasteiger partial charge in [-0.2, -0.15) is 0 Å². The molecule has 2 aliphatic rings. The Kier molecular flexibility index (Phi) is 4.24. The number of ether oxygens (including phenoxy) is 3. The summed E-state index contributed by atoms with van der Waals surface area (Å²) in [4.78, 5) is 12.7. The van der Waals surface area contributed by atoms with Crippen molar-refractivity contribution in [3.05, 3.63) is 52.6 Å². The molecule has 0 spiro atoms. The maximum atomic E-state index is 12.7. The lowest BCUT2D eigenvalue weighted by atomic mass is 9.87. The Labute approximate surface area is 171 Å². The third-order valence-electron chi connectivity index (χ3n) is 5.48. The van der Waals surface area contributed by atoms with E-state index in [0.717, 1.165) is 10.9 Å². The summed E-state index contributed by atoms with van der Waals surface area (Å²) in [6.45, 7) is -0.278. The van der Waals surface area contributed by atoms with E-state index in [0.29, 0.717) is 50.4 Å². The number of aliphatic hydroxyl groups excluding tert-OH is 2. The molecule has 3 N–H and O–H groups in total. The maximum absolute atomic E-state index is 12.7. The Bertz CT molecular complexity index is 1260. The summed E-state index contributed by atoms with van der Waals surface area (Å²) < 4.78 is 16.3. The van der Waals surface area contributed by atoms with Crippen LogP contribution in [0.5, 0.6) is 11.5 Å². The fraction of sp³-hybridized carbons (Fsp3) is 0.174. The number of carbonyl (C=O) groups is 1. The van der Waals surface area contributed by atoms with Crippen LogP contribution in [0.15, 0.2) is 30.3 Å². The van der Waals surface area contributed by atoms with Crippen LogP contribution in [0.2, 0.25) is 0 Å². The molecule has 30 heavy (non-hydrogen) atoms. The minimum absolute atomic E-state index is 0.0852. The average molecular weight is 403 g/mol. The van der Waals surface area contributed by atoms with Crippen molar-refractivity contribution >= 4 is 22.4 Å². The summed E-state index contributed by atoms with van der Waals surface area (Å²) >= 11 is 0. The number of hydrogen-bond acceptors (Lipinski definition) is 7. The smallest absolute Gasteiger partial charge is 0.339 e. The third kappa shape index (κ3) is 2.59. The van der Waals surface area contributed by atoms with E-state index in [4.69, 9.17) is 20.6 Å². The van der Waals surface area contributed by atoms with Gasteiger partial charge in [0.05, 0.1) is 24.5 Å². The fourth-order valence-corrected chi connectivity index (χ4v) is 4.12. The molecule has 0 radical (unpaired) electrons. The molecule has 2 aliphatic heterocycles. The van der Waals surface area contributed by atoms with E-state index in [1.54, 1.807) is 18.2 Å². The number of aliphatic hydroxyl groups is 2. The van der Waals surface area contributed by atoms with Gasteiger partial charge < -0.3 is 29.7 Å². The van der Waals surface area contributed by atoms with Crippen molar-refractivity contribution in [3.8, 4) is 35.1 Å². The number of rotatable bonds is 4. The first kappa shape index (κ1) is 18.3. The lowest BCUT2D eigenvalue weighted by Gasteiger charge is -2.18. The third-order valence-corrected chi connectivity index (χ3v) is 5.48. The van der Waals surface area contributed by atoms with E-state index >= 15 is 0 Å². The zero-order chi connectivity index (χ0) is 20.8. The molecule has 0 aromatic heterocycles. The Hall–Kier alpha value is -3.73. The van der Waals surface area contributed by atoms with Crippen molar-refractivity contribution in [1.82, 2.24) is 0 Å². The average Bonchev–Trinajstić information content (AvgIpc) is 3.39. The topological polar surface area (TPSA) is 97.3 Å². The molecule has 3 aromatic rings. The molecule has 150 valence electrons. The highest BCUT2D eigenvalue weighted by molar-refractivity contribution is 6.16. The van der Waals surface area contributed by atoms with Crippen LogP contribution in [0, 0.1) is 12.5 Å². The number of esters is 1. The molecule has 5 rings (SSSR count). The van der Waals surface area contributed by atoms with Gasteiger partial charge in [-0.3, -0.25) is 0 Å². The van der Waals surface area contributed by atoms with Gasteiger partial charge in [-0.1, -0.05) is 12.5 Å². The van der Waals surface area contributed by atoms with Crippen molar-refractivity contribution in [2.24, 2.45) is 0 Å². The van der Waals surface area contributed by atoms with E-state index in [1.807, 2.05) is 12.1 Å². The largest absolute Gasteiger partial charge is 0.457 e. The fourth-order valence-electron chi connectivity index (χ4n) is 4.12. The van der Waals surface area contributed by atoms with Gasteiger partial charge in [-0.05, 0) is 46.3 Å². The molecule has 0 aliphatic carbocycles. The Balaban J connectivity index is 1.92. The number of carbonyl (C=O) groups excluding carboxylic acids is 1. The molecule has 0 bridgehead atoms. The monoisotopic (exact) mass is 403 g/mol. The maximum Gasteiger partial charge on any atom is 0.339 e. The number of hydrogen-bond donors (Lipinski definition) is 3. The van der Waals surface area contributed by atoms with E-state index in [2.05, 4.69) is 11.4 Å². The Morgan fingerprint density at radius 1 is 0.967 bits per heavy atom. The Morgan fingerprint density at radius 3 is 2.43 bits per heavy atom. The van der Waals surface area contributed by atoms with Gasteiger partial charge in [0.1, 0.15) is 6.61 Å². The van der Waals surface area contributed by atoms with Gasteiger partial charge in [0.15, 0.2) is 11.5 Å². The van der Waals surface area contributed by atoms with Crippen molar-refractivity contribution in [2.75, 3.05) is 12.1 Å². The molecular formula is C23H17NO6. The summed E-state index contributed by atoms with van der Waals surface area (Å²) in [6, 6.07) is 11.4. The number of terminal acetylenes is 1. The first-order valence-corrected chi connectivity index (χ1v) is 9.31. The highest BCUT2D eigenvalue weighted by Crippen LogP contribution is 2.46. The normalized spacial score (nSPS) is 13.8. The van der Waals surface area contributed by atoms with E-state index in [-0.39, 0.29) is 26.6 Å². The predicted octanol–water partition coefficient (Wildman–Crippen LogP) is 2.89. The number of benzene rings is 3. The van der Waals surface area contributed by atoms with Gasteiger partial charge in [-0.15, -0.1) is 0 Å². The second-order valence-electron chi connectivity index (χ2n) is 7.00. The first-order chi connectivity index (χ1) is 14.7. The van der Waals surface area contributed by atoms with E-state index in [1.165, 1.54) is 0 Å². The van der Waals surface area contributed by atoms with Gasteiger partial charge in [-0.25, -0.2) is 4.79 Å². The van der Waals surface area contributed by atoms with Crippen LogP contribution in [0.4, 0.5) is 5.69 Å². The second kappa shape index (κ2) is 6.95. The molecule has 0 unspecified atom stereocenters. The number of nitrogens with one attached hydrogen (secondary N) is 1. The van der Waals surface area contributed by atoms with Crippen molar-refractivity contribution in [3.63, 3.8) is 0 Å². The predicted molar refractivity (Wildman–Crippen MR) is 109 cm³/mol. The lowest BCUT2D eigenvalue weighted by molar-refractivity contribution is 0.0536. The van der Waals surface area contributed by atoms with Gasteiger partial charge in [0, 0.05) is 22.6 Å². The molecule has 0 amide bonds. The molecule has 0 fully saturated rings. The highest BCUT2D eigenvalue weighted by Gasteiger charge is 2.32. The molecule has 7 nitrogen and oxygen atoms in total. The lowest BCUT2D eigenvalue weighted by Crippen LogP contribution is -2.04. The SMILES string of the molecule is C#CNc1c2c(c(-c3ccc4c(c3)OCO4)c3cc(CO)c(CO)cc13)C(=O)OC2. The zero-order valence-electron chi connectivity index (χ0n) is 15.8. The Morgan fingerprint density at radius 2 is 1.70 bits per heavy atom. The number of cyclic esters (lactones) is 1. The van der Waals surface area contributed by atoms with Crippen LogP contribution < -0.4 is 14.8 Å². The van der Waals surface area contributed by atoms with Crippen LogP contribution in [-0.2, 0) is 24.6 Å². The van der Waals surface area contributed by atoms with E-state index in [9.17, 15) is 15.0 Å². The molecule has 0 saturated heterocycles. The summed E-state index contributed by atoms with van der Waals surface area (Å²) in [7, 11) is 0. The van der Waals surface area contributed by atoms with Gasteiger partial charge >= 0.3 is 5.97 Å². The molecule has 0 saturated carbocycles. The first-order valence-electron chi connectivity index (χ1n) is 9.31. The second-order valence-corrected chi connectivity index (χ2v) is 7.00. The van der Waals surface area contributed by atoms with Crippen molar-refractivity contribution in [1.29, 1.82) is 0 Å². The molecule has 3 aromatic carbocycles. The standard InChI is InChI=1S/C23H17NO6/c1-2-24-22-16-6-14(9-26)13(8-25)5-15(16)20(21-17(22)10-28-23(21)27)12-3-4-18-19(7-12)30-11-29-18/h1,3-7,24-26H,8-11H2. The minimum Gasteiger partial charge on any atom is -0.457 e.